The minimum absolute atomic E-state index is 0.173. The van der Waals surface area contributed by atoms with E-state index in [4.69, 9.17) is 34.7 Å². The molecule has 6 N–H and O–H groups in total. The van der Waals surface area contributed by atoms with E-state index in [1.54, 1.807) is 13.8 Å². The molecule has 1 heterocycles. The van der Waals surface area contributed by atoms with Crippen LogP contribution in [0, 0.1) is 5.41 Å². The third-order valence-electron chi connectivity index (χ3n) is 6.39. The zero-order valence-corrected chi connectivity index (χ0v) is 23.8. The Hall–Kier alpha value is -2.36. The Bertz CT molecular complexity index is 1240. The molecule has 0 bridgehead atoms. The molecule has 0 fully saturated rings. The van der Waals surface area contributed by atoms with Crippen LogP contribution < -0.4 is 16.8 Å². The van der Waals surface area contributed by atoms with Gasteiger partial charge in [0.15, 0.2) is 4.87 Å². The van der Waals surface area contributed by atoms with Crippen molar-refractivity contribution in [2.45, 2.75) is 56.9 Å². The minimum atomic E-state index is -6.24. The standard InChI is InChI=1S/C23H26Cl2F6N4O4S/c1-5-35(6-2)16(36)14-15(40-20(34-14,18(33)38)9-19(3,4)17(32)37)10-7-8-11(13(25)12(10)24)21(39,22(26,27)28)23(29,30)31/h7-8,34,39H,5-6,9H2,1-4H3,(H2,32,37)(H2,33,38). The molecule has 2 rings (SSSR count). The third-order valence-corrected chi connectivity index (χ3v) is 8.69. The lowest BCUT2D eigenvalue weighted by molar-refractivity contribution is -0.376. The second kappa shape index (κ2) is 11.1. The van der Waals surface area contributed by atoms with Gasteiger partial charge in [-0.1, -0.05) is 60.9 Å². The molecule has 224 valence electrons. The molecule has 0 saturated heterocycles. The fourth-order valence-electron chi connectivity index (χ4n) is 3.98. The molecule has 40 heavy (non-hydrogen) atoms. The van der Waals surface area contributed by atoms with Crippen LogP contribution in [0.2, 0.25) is 10.0 Å². The fraction of sp³-hybridized carbons (Fsp3) is 0.522. The zero-order valence-electron chi connectivity index (χ0n) is 21.5. The molecule has 17 heteroatoms. The van der Waals surface area contributed by atoms with Crippen molar-refractivity contribution in [1.29, 1.82) is 0 Å². The Balaban J connectivity index is 2.87. The lowest BCUT2D eigenvalue weighted by Crippen LogP contribution is -2.55. The SMILES string of the molecule is CCN(CC)C(=O)C1=C(c2ccc(C(O)(C(F)(F)F)C(F)(F)F)c(Cl)c2Cl)SC(CC(C)(C)C(N)=O)(C(N)=O)N1. The molecule has 0 aliphatic carbocycles. The van der Waals surface area contributed by atoms with Gasteiger partial charge in [0.2, 0.25) is 5.91 Å². The van der Waals surface area contributed by atoms with Crippen molar-refractivity contribution in [3.63, 3.8) is 0 Å². The molecule has 3 amide bonds. The van der Waals surface area contributed by atoms with Gasteiger partial charge in [0.1, 0.15) is 5.70 Å². The number of primary amides is 2. The van der Waals surface area contributed by atoms with Crippen LogP contribution in [0.5, 0.6) is 0 Å². The maximum absolute atomic E-state index is 13.5. The van der Waals surface area contributed by atoms with Crippen molar-refractivity contribution in [3.05, 3.63) is 39.0 Å². The van der Waals surface area contributed by atoms with Gasteiger partial charge in [-0.2, -0.15) is 26.3 Å². The Kier molecular flexibility index (Phi) is 9.42. The number of likely N-dealkylation sites (N-methyl/N-ethyl adjacent to an activating group) is 1. The zero-order chi connectivity index (χ0) is 31.2. The molecule has 1 unspecified atom stereocenters. The minimum Gasteiger partial charge on any atom is -0.369 e. The molecule has 8 nitrogen and oxygen atoms in total. The number of thioether (sulfide) groups is 1. The highest BCUT2D eigenvalue weighted by molar-refractivity contribution is 8.10. The van der Waals surface area contributed by atoms with E-state index >= 15 is 0 Å². The number of nitrogens with one attached hydrogen (secondary N) is 1. The van der Waals surface area contributed by atoms with Gasteiger partial charge in [0, 0.05) is 41.0 Å². The molecular weight excluding hydrogens is 613 g/mol. The predicted octanol–water partition coefficient (Wildman–Crippen LogP) is 4.26. The van der Waals surface area contributed by atoms with Crippen molar-refractivity contribution in [1.82, 2.24) is 10.2 Å². The number of halogens is 8. The summed E-state index contributed by atoms with van der Waals surface area (Å²) in [7, 11) is 0. The molecule has 1 aromatic rings. The highest BCUT2D eigenvalue weighted by Crippen LogP contribution is 2.56. The number of nitrogens with zero attached hydrogens (tertiary/aromatic N) is 1. The van der Waals surface area contributed by atoms with E-state index in [1.165, 1.54) is 18.7 Å². The van der Waals surface area contributed by atoms with E-state index in [2.05, 4.69) is 5.32 Å². The van der Waals surface area contributed by atoms with Crippen molar-refractivity contribution in [2.75, 3.05) is 13.1 Å². The lowest BCUT2D eigenvalue weighted by Gasteiger charge is -2.34. The summed E-state index contributed by atoms with van der Waals surface area (Å²) in [4.78, 5) is 37.4. The van der Waals surface area contributed by atoms with Crippen LogP contribution in [-0.2, 0) is 20.0 Å². The normalized spacial score (nSPS) is 18.5. The van der Waals surface area contributed by atoms with Crippen LogP contribution in [0.4, 0.5) is 26.3 Å². The fourth-order valence-corrected chi connectivity index (χ4v) is 6.15. The molecule has 0 aromatic heterocycles. The van der Waals surface area contributed by atoms with Crippen LogP contribution in [0.3, 0.4) is 0 Å². The Morgan fingerprint density at radius 3 is 1.90 bits per heavy atom. The van der Waals surface area contributed by atoms with Crippen molar-refractivity contribution in [3.8, 4) is 0 Å². The van der Waals surface area contributed by atoms with Gasteiger partial charge < -0.3 is 26.8 Å². The molecule has 0 saturated carbocycles. The average molecular weight is 639 g/mol. The summed E-state index contributed by atoms with van der Waals surface area (Å²) < 4.78 is 81.1. The summed E-state index contributed by atoms with van der Waals surface area (Å²) >= 11 is 12.7. The monoisotopic (exact) mass is 638 g/mol. The maximum atomic E-state index is 13.5. The number of carbonyl (C=O) groups excluding carboxylic acids is 3. The van der Waals surface area contributed by atoms with Crippen LogP contribution >= 0.6 is 35.0 Å². The first-order valence-corrected chi connectivity index (χ1v) is 13.0. The second-order valence-corrected chi connectivity index (χ2v) is 11.6. The summed E-state index contributed by atoms with van der Waals surface area (Å²) in [6.07, 6.45) is -12.9. The molecule has 1 aliphatic heterocycles. The van der Waals surface area contributed by atoms with Crippen molar-refractivity contribution in [2.24, 2.45) is 16.9 Å². The first kappa shape index (κ1) is 33.8. The molecule has 1 aromatic carbocycles. The van der Waals surface area contributed by atoms with E-state index in [0.29, 0.717) is 17.8 Å². The first-order chi connectivity index (χ1) is 18.0. The van der Waals surface area contributed by atoms with Gasteiger partial charge in [-0.25, -0.2) is 0 Å². The Labute approximate surface area is 239 Å². The van der Waals surface area contributed by atoms with Crippen molar-refractivity contribution < 1.29 is 45.8 Å². The quantitative estimate of drug-likeness (QED) is 0.298. The maximum Gasteiger partial charge on any atom is 0.430 e. The molecule has 1 aliphatic rings. The van der Waals surface area contributed by atoms with Crippen LogP contribution in [0.15, 0.2) is 17.8 Å². The third kappa shape index (κ3) is 5.70. The highest BCUT2D eigenvalue weighted by Gasteiger charge is 2.72. The van der Waals surface area contributed by atoms with Gasteiger partial charge in [-0.15, -0.1) is 0 Å². The summed E-state index contributed by atoms with van der Waals surface area (Å²) in [5, 5.41) is 10.4. The van der Waals surface area contributed by atoms with Crippen LogP contribution in [0.1, 0.15) is 45.2 Å². The van der Waals surface area contributed by atoms with Gasteiger partial charge in [-0.3, -0.25) is 14.4 Å². The lowest BCUT2D eigenvalue weighted by atomic mass is 9.84. The van der Waals surface area contributed by atoms with E-state index in [9.17, 15) is 45.8 Å². The number of hydrogen-bond donors (Lipinski definition) is 4. The summed E-state index contributed by atoms with van der Waals surface area (Å²) in [6, 6.07) is 0.969. The number of benzene rings is 1. The Morgan fingerprint density at radius 1 is 1.00 bits per heavy atom. The highest BCUT2D eigenvalue weighted by atomic mass is 35.5. The number of rotatable bonds is 9. The molecule has 0 spiro atoms. The molecule has 1 atom stereocenters. The van der Waals surface area contributed by atoms with Crippen molar-refractivity contribution >= 4 is 57.6 Å². The Morgan fingerprint density at radius 2 is 1.50 bits per heavy atom. The predicted molar refractivity (Wildman–Crippen MR) is 138 cm³/mol. The summed E-state index contributed by atoms with van der Waals surface area (Å²) in [5.41, 5.74) is 1.89. The second-order valence-electron chi connectivity index (χ2n) is 9.52. The topological polar surface area (TPSA) is 139 Å². The number of amides is 3. The van der Waals surface area contributed by atoms with E-state index in [-0.39, 0.29) is 41.7 Å². The van der Waals surface area contributed by atoms with Gasteiger partial charge in [0.25, 0.3) is 17.4 Å². The molecular formula is C23H26Cl2F6N4O4S. The summed E-state index contributed by atoms with van der Waals surface area (Å²) in [6.45, 7) is 6.42. The smallest absolute Gasteiger partial charge is 0.369 e. The number of nitrogens with two attached hydrogens (primary N) is 2. The van der Waals surface area contributed by atoms with Crippen LogP contribution in [-0.4, -0.2) is 58.0 Å². The van der Waals surface area contributed by atoms with E-state index in [1.807, 2.05) is 0 Å². The van der Waals surface area contributed by atoms with Gasteiger partial charge >= 0.3 is 12.4 Å². The number of carbonyl (C=O) groups is 3. The number of alkyl halides is 6. The van der Waals surface area contributed by atoms with Gasteiger partial charge in [0.05, 0.1) is 10.0 Å². The van der Waals surface area contributed by atoms with Gasteiger partial charge in [-0.05, 0) is 13.8 Å². The summed E-state index contributed by atoms with van der Waals surface area (Å²) in [5.74, 6) is -2.61. The number of hydrogen-bond acceptors (Lipinski definition) is 6. The van der Waals surface area contributed by atoms with E-state index in [0.717, 1.165) is 0 Å². The van der Waals surface area contributed by atoms with E-state index < -0.39 is 61.6 Å². The number of aliphatic hydroxyl groups is 1. The first-order valence-electron chi connectivity index (χ1n) is 11.5. The average Bonchev–Trinajstić information content (AvgIpc) is 3.19. The molecule has 0 radical (unpaired) electrons. The van der Waals surface area contributed by atoms with Crippen LogP contribution in [0.25, 0.3) is 4.91 Å². The largest absolute Gasteiger partial charge is 0.430 e.